The summed E-state index contributed by atoms with van der Waals surface area (Å²) < 4.78 is 7.17. The van der Waals surface area contributed by atoms with E-state index in [1.807, 2.05) is 67.8 Å². The molecule has 1 aliphatic rings. The van der Waals surface area contributed by atoms with Crippen molar-refractivity contribution in [1.82, 2.24) is 0 Å². The Hall–Kier alpha value is -0.220. The number of carbonyl (C=O) groups is 2. The summed E-state index contributed by atoms with van der Waals surface area (Å²) in [5.74, 6) is -1.13. The lowest BCUT2D eigenvalue weighted by Gasteiger charge is -2.17. The first-order valence-corrected chi connectivity index (χ1v) is 9.90. The van der Waals surface area contributed by atoms with Crippen molar-refractivity contribution >= 4 is 91.2 Å². The zero-order valence-electron chi connectivity index (χ0n) is 12.6. The van der Waals surface area contributed by atoms with Gasteiger partial charge in [0.2, 0.25) is 11.8 Å². The highest BCUT2D eigenvalue weighted by Gasteiger charge is 2.35. The van der Waals surface area contributed by atoms with Crippen LogP contribution in [0.25, 0.3) is 0 Å². The molecule has 1 aromatic rings. The Labute approximate surface area is 179 Å². The number of nitrogens with one attached hydrogen (secondary N) is 1. The van der Waals surface area contributed by atoms with E-state index < -0.39 is 11.5 Å². The third kappa shape index (κ3) is 3.80. The Bertz CT molecular complexity index is 766. The van der Waals surface area contributed by atoms with E-state index in [0.717, 1.165) is 0 Å². The number of carboxylic acid groups (broad SMARTS) is 1. The van der Waals surface area contributed by atoms with E-state index in [4.69, 9.17) is 4.74 Å². The maximum Gasteiger partial charge on any atom is 0.337 e. The molecular formula is C14H13I3N2O5. The highest BCUT2D eigenvalue weighted by molar-refractivity contribution is 14.1. The van der Waals surface area contributed by atoms with Crippen molar-refractivity contribution in [3.8, 4) is 0 Å². The van der Waals surface area contributed by atoms with Gasteiger partial charge in [0.1, 0.15) is 12.1 Å². The number of amides is 1. The Balaban J connectivity index is 2.76. The number of aromatic carboxylic acids is 1. The molecule has 10 heteroatoms. The Morgan fingerprint density at radius 3 is 2.38 bits per heavy atom. The van der Waals surface area contributed by atoms with Crippen molar-refractivity contribution in [3.05, 3.63) is 21.8 Å². The Kier molecular flexibility index (Phi) is 6.34. The maximum absolute atomic E-state index is 11.7. The second kappa shape index (κ2) is 7.57. The molecule has 1 unspecified atom stereocenters. The molecule has 1 atom stereocenters. The van der Waals surface area contributed by atoms with E-state index in [1.54, 1.807) is 6.92 Å². The number of anilines is 1. The van der Waals surface area contributed by atoms with Gasteiger partial charge in [-0.3, -0.25) is 4.79 Å². The van der Waals surface area contributed by atoms with Crippen LogP contribution in [0, 0.1) is 10.7 Å². The summed E-state index contributed by atoms with van der Waals surface area (Å²) >= 11 is 5.89. The lowest BCUT2D eigenvalue weighted by molar-refractivity contribution is -0.114. The fraction of sp³-hybridized carbons (Fsp3) is 0.357. The molecule has 0 spiro atoms. The molecule has 7 nitrogen and oxygen atoms in total. The second-order valence-electron chi connectivity index (χ2n) is 5.41. The van der Waals surface area contributed by atoms with Crippen LogP contribution in [0.3, 0.4) is 0 Å². The zero-order valence-corrected chi connectivity index (χ0v) is 19.1. The van der Waals surface area contributed by atoms with Crippen LogP contribution >= 0.6 is 67.8 Å². The molecule has 1 heterocycles. The fourth-order valence-electron chi connectivity index (χ4n) is 2.07. The van der Waals surface area contributed by atoms with Crippen LogP contribution in [0.5, 0.6) is 0 Å². The highest BCUT2D eigenvalue weighted by Crippen LogP contribution is 2.37. The first kappa shape index (κ1) is 20.1. The summed E-state index contributed by atoms with van der Waals surface area (Å²) in [7, 11) is 0. The molecule has 0 saturated carbocycles. The number of halogens is 3. The predicted molar refractivity (Wildman–Crippen MR) is 114 cm³/mol. The molecule has 0 radical (unpaired) electrons. The summed E-state index contributed by atoms with van der Waals surface area (Å²) in [4.78, 5) is 27.6. The van der Waals surface area contributed by atoms with Crippen molar-refractivity contribution in [3.63, 3.8) is 0 Å². The van der Waals surface area contributed by atoms with Gasteiger partial charge < -0.3 is 20.3 Å². The predicted octanol–water partition coefficient (Wildman–Crippen LogP) is 2.68. The number of ether oxygens (including phenoxy) is 1. The van der Waals surface area contributed by atoms with Gasteiger partial charge >= 0.3 is 5.97 Å². The van der Waals surface area contributed by atoms with Crippen LogP contribution in [0.1, 0.15) is 29.8 Å². The SMILES string of the molecule is CC(=O)Nc1c(I)c(C(=O)O)c(I)c(C2=NC(C)(CO)CO2)c1I. The molecule has 0 aromatic heterocycles. The van der Waals surface area contributed by atoms with Crippen molar-refractivity contribution in [2.75, 3.05) is 18.5 Å². The number of rotatable bonds is 4. The molecule has 1 aliphatic heterocycles. The number of nitrogens with zero attached hydrogens (tertiary/aromatic N) is 1. The van der Waals surface area contributed by atoms with Crippen molar-refractivity contribution in [2.24, 2.45) is 4.99 Å². The number of benzene rings is 1. The minimum Gasteiger partial charge on any atom is -0.478 e. The first-order chi connectivity index (χ1) is 11.1. The van der Waals surface area contributed by atoms with E-state index in [1.165, 1.54) is 6.92 Å². The van der Waals surface area contributed by atoms with Gasteiger partial charge in [-0.1, -0.05) is 0 Å². The molecule has 1 aromatic carbocycles. The minimum atomic E-state index is -1.10. The van der Waals surface area contributed by atoms with Crippen LogP contribution in [0.4, 0.5) is 5.69 Å². The van der Waals surface area contributed by atoms with Gasteiger partial charge in [0.25, 0.3) is 0 Å². The fourth-order valence-corrected chi connectivity index (χ4v) is 6.43. The van der Waals surface area contributed by atoms with Crippen molar-refractivity contribution < 1.29 is 24.5 Å². The number of aliphatic imine (C=N–C) groups is 1. The normalized spacial score (nSPS) is 19.7. The summed E-state index contributed by atoms with van der Waals surface area (Å²) in [5.41, 5.74) is 0.247. The van der Waals surface area contributed by atoms with Gasteiger partial charge in [-0.15, -0.1) is 0 Å². The van der Waals surface area contributed by atoms with E-state index in [9.17, 15) is 19.8 Å². The number of hydrogen-bond donors (Lipinski definition) is 3. The van der Waals surface area contributed by atoms with Gasteiger partial charge in [-0.2, -0.15) is 0 Å². The van der Waals surface area contributed by atoms with E-state index in [0.29, 0.717) is 22.0 Å². The maximum atomic E-state index is 11.7. The van der Waals surface area contributed by atoms with Crippen LogP contribution in [0.15, 0.2) is 4.99 Å². The number of hydrogen-bond acceptors (Lipinski definition) is 5. The van der Waals surface area contributed by atoms with Gasteiger partial charge in [-0.25, -0.2) is 9.79 Å². The second-order valence-corrected chi connectivity index (χ2v) is 8.65. The monoisotopic (exact) mass is 670 g/mol. The Morgan fingerprint density at radius 2 is 1.92 bits per heavy atom. The molecule has 0 saturated heterocycles. The molecule has 0 aliphatic carbocycles. The van der Waals surface area contributed by atoms with E-state index in [-0.39, 0.29) is 30.6 Å². The van der Waals surface area contributed by atoms with Gasteiger partial charge in [0, 0.05) is 10.5 Å². The number of aliphatic hydroxyl groups is 1. The number of carboxylic acids is 1. The Morgan fingerprint density at radius 1 is 1.29 bits per heavy atom. The number of carbonyl (C=O) groups excluding carboxylic acids is 1. The zero-order chi connectivity index (χ0) is 18.2. The largest absolute Gasteiger partial charge is 0.478 e. The molecular weight excluding hydrogens is 657 g/mol. The van der Waals surface area contributed by atoms with Crippen molar-refractivity contribution in [2.45, 2.75) is 19.4 Å². The van der Waals surface area contributed by atoms with Crippen LogP contribution in [-0.4, -0.2) is 46.7 Å². The summed E-state index contributed by atoms with van der Waals surface area (Å²) in [5, 5.41) is 21.7. The average molecular weight is 670 g/mol. The lowest BCUT2D eigenvalue weighted by Crippen LogP contribution is -2.28. The standard InChI is InChI=1S/C14H13I3N2O5/c1-5(21)18-11-9(16)6(8(15)7(10(11)17)13(22)23)12-19-14(2,3-20)4-24-12/h20H,3-4H2,1-2H3,(H,18,21)(H,22,23). The molecule has 2 rings (SSSR count). The van der Waals surface area contributed by atoms with Gasteiger partial charge in [0.15, 0.2) is 0 Å². The van der Waals surface area contributed by atoms with Gasteiger partial charge in [0.05, 0.1) is 30.6 Å². The molecule has 24 heavy (non-hydrogen) atoms. The third-order valence-corrected chi connectivity index (χ3v) is 6.51. The van der Waals surface area contributed by atoms with Gasteiger partial charge in [-0.05, 0) is 74.7 Å². The highest BCUT2D eigenvalue weighted by atomic mass is 127. The molecule has 0 bridgehead atoms. The van der Waals surface area contributed by atoms with E-state index >= 15 is 0 Å². The van der Waals surface area contributed by atoms with Crippen LogP contribution in [0.2, 0.25) is 0 Å². The smallest absolute Gasteiger partial charge is 0.337 e. The minimum absolute atomic E-state index is 0.0827. The molecule has 0 fully saturated rings. The third-order valence-electron chi connectivity index (χ3n) is 3.28. The average Bonchev–Trinajstić information content (AvgIpc) is 2.86. The van der Waals surface area contributed by atoms with Crippen LogP contribution < -0.4 is 5.32 Å². The quantitative estimate of drug-likeness (QED) is 0.428. The van der Waals surface area contributed by atoms with Crippen molar-refractivity contribution in [1.29, 1.82) is 0 Å². The molecule has 1 amide bonds. The van der Waals surface area contributed by atoms with E-state index in [2.05, 4.69) is 10.3 Å². The number of aliphatic hydroxyl groups excluding tert-OH is 1. The first-order valence-electron chi connectivity index (χ1n) is 6.66. The van der Waals surface area contributed by atoms with Crippen LogP contribution in [-0.2, 0) is 9.53 Å². The lowest BCUT2D eigenvalue weighted by atomic mass is 10.1. The molecule has 3 N–H and O–H groups in total. The molecule has 130 valence electrons. The summed E-state index contributed by atoms with van der Waals surface area (Å²) in [6.45, 7) is 3.13. The topological polar surface area (TPSA) is 108 Å². The summed E-state index contributed by atoms with van der Waals surface area (Å²) in [6, 6.07) is 0. The summed E-state index contributed by atoms with van der Waals surface area (Å²) in [6.07, 6.45) is 0.